The predicted octanol–water partition coefficient (Wildman–Crippen LogP) is 1.19. The summed E-state index contributed by atoms with van der Waals surface area (Å²) in [6.07, 6.45) is -4.79. The van der Waals surface area contributed by atoms with Crippen molar-refractivity contribution in [3.63, 3.8) is 0 Å². The first-order chi connectivity index (χ1) is 10.1. The lowest BCUT2D eigenvalue weighted by molar-refractivity contribution is -0.152. The van der Waals surface area contributed by atoms with Crippen LogP contribution < -0.4 is 0 Å². The Morgan fingerprint density at radius 1 is 1.05 bits per heavy atom. The molecule has 0 saturated heterocycles. The van der Waals surface area contributed by atoms with Gasteiger partial charge in [0, 0.05) is 6.54 Å². The zero-order valence-electron chi connectivity index (χ0n) is 11.0. The van der Waals surface area contributed by atoms with Gasteiger partial charge in [-0.15, -0.1) is 0 Å². The molecule has 1 aromatic carbocycles. The van der Waals surface area contributed by atoms with Crippen molar-refractivity contribution in [2.45, 2.75) is 6.18 Å². The smallest absolute Gasteiger partial charge is 0.273 e. The molecule has 2 amide bonds. The molecule has 0 fully saturated rings. The largest absolute Gasteiger partial charge is 0.413 e. The van der Waals surface area contributed by atoms with Gasteiger partial charge >= 0.3 is 6.18 Å². The van der Waals surface area contributed by atoms with Crippen LogP contribution in [-0.2, 0) is 14.3 Å². The number of carbonyl (C=O) groups excluding carboxylic acids is 2. The third-order valence-corrected chi connectivity index (χ3v) is 4.00. The number of nitrogens with zero attached hydrogens (tertiary/aromatic N) is 1. The third kappa shape index (κ3) is 3.63. The molecule has 1 heterocycles. The van der Waals surface area contributed by atoms with Crippen LogP contribution in [0.4, 0.5) is 13.2 Å². The lowest BCUT2D eigenvalue weighted by atomic mass is 10.1. The second kappa shape index (κ2) is 5.69. The van der Waals surface area contributed by atoms with Crippen molar-refractivity contribution >= 4 is 21.9 Å². The molecule has 0 N–H and O–H groups in total. The number of amides is 2. The molecule has 0 bridgehead atoms. The Kier molecular flexibility index (Phi) is 4.25. The molecule has 0 spiro atoms. The molecule has 0 radical (unpaired) electrons. The van der Waals surface area contributed by atoms with Crippen LogP contribution in [0.5, 0.6) is 0 Å². The number of rotatable bonds is 5. The normalized spacial score (nSPS) is 15.3. The van der Waals surface area contributed by atoms with Gasteiger partial charge in [-0.25, -0.2) is 0 Å². The zero-order valence-corrected chi connectivity index (χ0v) is 11.8. The van der Waals surface area contributed by atoms with Crippen LogP contribution in [0.25, 0.3) is 0 Å². The molecular formula is C12H10F3NO5S. The monoisotopic (exact) mass is 337 g/mol. The van der Waals surface area contributed by atoms with Gasteiger partial charge in [0.25, 0.3) is 21.9 Å². The van der Waals surface area contributed by atoms with E-state index < -0.39 is 47.0 Å². The highest BCUT2D eigenvalue weighted by molar-refractivity contribution is 7.86. The fourth-order valence-electron chi connectivity index (χ4n) is 1.86. The van der Waals surface area contributed by atoms with E-state index in [1.54, 1.807) is 0 Å². The minimum atomic E-state index is -4.79. The van der Waals surface area contributed by atoms with Crippen molar-refractivity contribution in [2.75, 3.05) is 18.9 Å². The second-order valence-electron chi connectivity index (χ2n) is 4.45. The third-order valence-electron chi connectivity index (χ3n) is 2.85. The summed E-state index contributed by atoms with van der Waals surface area (Å²) in [4.78, 5) is 24.5. The quantitative estimate of drug-likeness (QED) is 0.596. The summed E-state index contributed by atoms with van der Waals surface area (Å²) in [5.74, 6) is -2.28. The number of halogens is 3. The molecule has 22 heavy (non-hydrogen) atoms. The Balaban J connectivity index is 2.01. The van der Waals surface area contributed by atoms with Crippen LogP contribution >= 0.6 is 0 Å². The Labute approximate surface area is 123 Å². The first kappa shape index (κ1) is 16.4. The van der Waals surface area contributed by atoms with Gasteiger partial charge in [-0.1, -0.05) is 12.1 Å². The molecule has 1 aromatic rings. The maximum absolute atomic E-state index is 11.9. The van der Waals surface area contributed by atoms with Crippen LogP contribution in [-0.4, -0.2) is 50.2 Å². The number of benzene rings is 1. The van der Waals surface area contributed by atoms with E-state index >= 15 is 0 Å². The lowest BCUT2D eigenvalue weighted by Gasteiger charge is -2.14. The van der Waals surface area contributed by atoms with E-state index in [2.05, 4.69) is 4.18 Å². The molecule has 0 unspecified atom stereocenters. The van der Waals surface area contributed by atoms with Crippen LogP contribution in [0.1, 0.15) is 20.7 Å². The van der Waals surface area contributed by atoms with Gasteiger partial charge in [-0.3, -0.25) is 18.7 Å². The average molecular weight is 337 g/mol. The highest BCUT2D eigenvalue weighted by atomic mass is 32.2. The molecule has 0 saturated carbocycles. The van der Waals surface area contributed by atoms with E-state index in [0.717, 1.165) is 0 Å². The van der Waals surface area contributed by atoms with Crippen molar-refractivity contribution in [2.24, 2.45) is 0 Å². The lowest BCUT2D eigenvalue weighted by Crippen LogP contribution is -2.35. The summed E-state index contributed by atoms with van der Waals surface area (Å²) in [7, 11) is -4.50. The first-order valence-corrected chi connectivity index (χ1v) is 7.57. The van der Waals surface area contributed by atoms with Crippen LogP contribution in [0.15, 0.2) is 24.3 Å². The molecule has 120 valence electrons. The predicted molar refractivity (Wildman–Crippen MR) is 67.6 cm³/mol. The Hall–Kier alpha value is -1.94. The average Bonchev–Trinajstić information content (AvgIpc) is 2.67. The molecule has 1 aliphatic rings. The molecule has 0 aliphatic carbocycles. The van der Waals surface area contributed by atoms with E-state index in [9.17, 15) is 31.2 Å². The van der Waals surface area contributed by atoms with Crippen molar-refractivity contribution in [3.05, 3.63) is 35.4 Å². The molecule has 10 heteroatoms. The summed E-state index contributed by atoms with van der Waals surface area (Å²) in [6, 6.07) is 5.89. The zero-order chi connectivity index (χ0) is 16.5. The van der Waals surface area contributed by atoms with Gasteiger partial charge in [-0.2, -0.15) is 21.6 Å². The van der Waals surface area contributed by atoms with Gasteiger partial charge in [0.2, 0.25) is 0 Å². The van der Waals surface area contributed by atoms with E-state index in [1.807, 2.05) is 0 Å². The maximum Gasteiger partial charge on any atom is 0.413 e. The fourth-order valence-corrected chi connectivity index (χ4v) is 2.70. The number of imide groups is 1. The molecule has 1 aliphatic heterocycles. The number of hydrogen-bond donors (Lipinski definition) is 0. The summed E-state index contributed by atoms with van der Waals surface area (Å²) >= 11 is 0. The minimum absolute atomic E-state index is 0.126. The summed E-state index contributed by atoms with van der Waals surface area (Å²) < 4.78 is 62.3. The summed E-state index contributed by atoms with van der Waals surface area (Å²) in [5.41, 5.74) is 0.252. The number of hydrogen-bond acceptors (Lipinski definition) is 5. The first-order valence-electron chi connectivity index (χ1n) is 6.00. The number of fused-ring (bicyclic) bond motifs is 1. The Bertz CT molecular complexity index is 679. The van der Waals surface area contributed by atoms with Gasteiger partial charge < -0.3 is 0 Å². The van der Waals surface area contributed by atoms with Gasteiger partial charge in [0.05, 0.1) is 16.9 Å². The van der Waals surface area contributed by atoms with Gasteiger partial charge in [0.15, 0.2) is 6.61 Å². The van der Waals surface area contributed by atoms with E-state index in [-0.39, 0.29) is 11.1 Å². The summed E-state index contributed by atoms with van der Waals surface area (Å²) in [6.45, 7) is -2.52. The highest BCUT2D eigenvalue weighted by Gasteiger charge is 2.36. The van der Waals surface area contributed by atoms with Crippen LogP contribution in [0.2, 0.25) is 0 Å². The van der Waals surface area contributed by atoms with Gasteiger partial charge in [0.1, 0.15) is 0 Å². The van der Waals surface area contributed by atoms with Gasteiger partial charge in [-0.05, 0) is 12.1 Å². The summed E-state index contributed by atoms with van der Waals surface area (Å²) in [5, 5.41) is 0. The topological polar surface area (TPSA) is 80.8 Å². The number of carbonyl (C=O) groups is 2. The Morgan fingerprint density at radius 3 is 2.00 bits per heavy atom. The molecule has 2 rings (SSSR count). The van der Waals surface area contributed by atoms with Crippen LogP contribution in [0.3, 0.4) is 0 Å². The number of alkyl halides is 3. The Morgan fingerprint density at radius 2 is 1.55 bits per heavy atom. The molecule has 0 atom stereocenters. The maximum atomic E-state index is 11.9. The van der Waals surface area contributed by atoms with E-state index in [4.69, 9.17) is 0 Å². The van der Waals surface area contributed by atoms with Crippen molar-refractivity contribution in [3.8, 4) is 0 Å². The SMILES string of the molecule is O=C1c2ccccc2C(=O)N1CCS(=O)(=O)OCC(F)(F)F. The van der Waals surface area contributed by atoms with Crippen molar-refractivity contribution in [1.82, 2.24) is 4.90 Å². The van der Waals surface area contributed by atoms with Crippen LogP contribution in [0, 0.1) is 0 Å². The standard InChI is InChI=1S/C12H10F3NO5S/c13-12(14,15)7-21-22(19,20)6-5-16-10(17)8-3-1-2-4-9(8)11(16)18/h1-4H,5-7H2. The second-order valence-corrected chi connectivity index (χ2v) is 6.21. The molecule has 6 nitrogen and oxygen atoms in total. The van der Waals surface area contributed by atoms with Crippen molar-refractivity contribution in [1.29, 1.82) is 0 Å². The van der Waals surface area contributed by atoms with Crippen molar-refractivity contribution < 1.29 is 35.4 Å². The molecule has 0 aromatic heterocycles. The highest BCUT2D eigenvalue weighted by Crippen LogP contribution is 2.22. The minimum Gasteiger partial charge on any atom is -0.273 e. The molecular weight excluding hydrogens is 327 g/mol. The van der Waals surface area contributed by atoms with E-state index in [0.29, 0.717) is 4.90 Å². The van der Waals surface area contributed by atoms with E-state index in [1.165, 1.54) is 24.3 Å². The fraction of sp³-hybridized carbons (Fsp3) is 0.333.